The fourth-order valence-corrected chi connectivity index (χ4v) is 4.73. The maximum atomic E-state index is 12.4. The van der Waals surface area contributed by atoms with Gasteiger partial charge in [-0.15, -0.1) is 0 Å². The average Bonchev–Trinajstić information content (AvgIpc) is 3.80. The van der Waals surface area contributed by atoms with E-state index in [2.05, 4.69) is 19.9 Å². The topological polar surface area (TPSA) is 146 Å². The van der Waals surface area contributed by atoms with E-state index in [1.807, 2.05) is 27.7 Å². The number of hydrogen-bond acceptors (Lipinski definition) is 10. The van der Waals surface area contributed by atoms with Crippen LogP contribution in [0.5, 0.6) is 0 Å². The lowest BCUT2D eigenvalue weighted by atomic mass is 9.91. The van der Waals surface area contributed by atoms with Gasteiger partial charge in [-0.25, -0.2) is 9.97 Å². The van der Waals surface area contributed by atoms with Crippen molar-refractivity contribution in [3.63, 3.8) is 0 Å². The van der Waals surface area contributed by atoms with Crippen LogP contribution in [0, 0.1) is 0 Å². The van der Waals surface area contributed by atoms with E-state index in [9.17, 15) is 19.2 Å². The van der Waals surface area contributed by atoms with Crippen LogP contribution < -0.4 is 0 Å². The monoisotopic (exact) mass is 612 g/mol. The number of carbonyl (C=O) groups excluding carboxylic acids is 4. The lowest BCUT2D eigenvalue weighted by Gasteiger charge is -2.10. The van der Waals surface area contributed by atoms with Crippen LogP contribution in [0.2, 0.25) is 0 Å². The second-order valence-corrected chi connectivity index (χ2v) is 9.25. The summed E-state index contributed by atoms with van der Waals surface area (Å²) in [7, 11) is 0. The first-order valence-electron chi connectivity index (χ1n) is 14.7. The van der Waals surface area contributed by atoms with E-state index in [4.69, 9.17) is 8.83 Å². The molecule has 2 aliphatic rings. The molecule has 0 radical (unpaired) electrons. The molecule has 10 nitrogen and oxygen atoms in total. The minimum atomic E-state index is -0.324. The molecule has 0 N–H and O–H groups in total. The predicted octanol–water partition coefficient (Wildman–Crippen LogP) is 7.08. The van der Waals surface area contributed by atoms with Crippen molar-refractivity contribution in [3.05, 3.63) is 143 Å². The van der Waals surface area contributed by atoms with Gasteiger partial charge in [0.2, 0.25) is 46.4 Å². The van der Waals surface area contributed by atoms with Crippen molar-refractivity contribution >= 4 is 23.1 Å². The first-order chi connectivity index (χ1) is 22.5. The molecule has 228 valence electrons. The molecule has 0 bridgehead atoms. The second-order valence-electron chi connectivity index (χ2n) is 9.25. The fraction of sp³-hybridized carbons (Fsp3) is 0.111. The molecule has 46 heavy (non-hydrogen) atoms. The molecule has 4 heterocycles. The molecule has 0 aliphatic heterocycles. The van der Waals surface area contributed by atoms with Gasteiger partial charge >= 0.3 is 0 Å². The maximum absolute atomic E-state index is 12.4. The zero-order chi connectivity index (χ0) is 32.8. The molecule has 0 fully saturated rings. The Morgan fingerprint density at radius 2 is 0.913 bits per heavy atom. The number of nitrogens with zero attached hydrogens (tertiary/aromatic N) is 4. The number of oxazole rings is 2. The summed E-state index contributed by atoms with van der Waals surface area (Å²) < 4.78 is 11.0. The van der Waals surface area contributed by atoms with Crippen LogP contribution in [-0.4, -0.2) is 43.1 Å². The lowest BCUT2D eigenvalue weighted by molar-refractivity contribution is 0.0959. The van der Waals surface area contributed by atoms with E-state index < -0.39 is 0 Å². The van der Waals surface area contributed by atoms with Crippen LogP contribution >= 0.6 is 0 Å². The van der Waals surface area contributed by atoms with E-state index in [-0.39, 0.29) is 57.8 Å². The summed E-state index contributed by atoms with van der Waals surface area (Å²) in [5.74, 6) is -0.810. The zero-order valence-corrected chi connectivity index (χ0v) is 25.5. The Bertz CT molecular complexity index is 1810. The highest BCUT2D eigenvalue weighted by Crippen LogP contribution is 2.31. The Kier molecular flexibility index (Phi) is 9.28. The van der Waals surface area contributed by atoms with Gasteiger partial charge in [-0.05, 0) is 24.3 Å². The molecule has 4 aromatic heterocycles. The molecule has 0 saturated carbocycles. The van der Waals surface area contributed by atoms with E-state index in [0.29, 0.717) is 33.5 Å². The molecule has 0 unspecified atom stereocenters. The Labute approximate surface area is 264 Å². The highest BCUT2D eigenvalue weighted by molar-refractivity contribution is 6.27. The first kappa shape index (κ1) is 31.3. The minimum absolute atomic E-state index is 0.00510. The quantitative estimate of drug-likeness (QED) is 0.198. The lowest BCUT2D eigenvalue weighted by Crippen LogP contribution is -2.19. The van der Waals surface area contributed by atoms with Gasteiger partial charge < -0.3 is 8.83 Å². The summed E-state index contributed by atoms with van der Waals surface area (Å²) in [5, 5.41) is 0. The molecule has 0 spiro atoms. The Hall–Kier alpha value is -6.16. The molecule has 2 aliphatic carbocycles. The first-order valence-corrected chi connectivity index (χ1v) is 14.7. The molecule has 0 amide bonds. The van der Waals surface area contributed by atoms with Crippen LogP contribution in [-0.2, 0) is 0 Å². The summed E-state index contributed by atoms with van der Waals surface area (Å²) in [6.45, 7) is 8.00. The van der Waals surface area contributed by atoms with Gasteiger partial charge in [-0.3, -0.25) is 29.1 Å². The van der Waals surface area contributed by atoms with Gasteiger partial charge in [-0.1, -0.05) is 82.3 Å². The Morgan fingerprint density at radius 3 is 1.39 bits per heavy atom. The van der Waals surface area contributed by atoms with Gasteiger partial charge in [0.1, 0.15) is 5.69 Å². The SMILES string of the molecule is CC.CC.O=C1c2ccccc2C(=O)c2oc(-c3ccccn3)nc21.O=C1c2ccccc2C(=O)c2oc(-c3ccncc3)nc21. The molecule has 2 aromatic carbocycles. The molecular formula is C36H28N4O6. The smallest absolute Gasteiger partial charge is 0.246 e. The standard InChI is InChI=1S/2C16H8N2O3.2C2H6/c19-13-9-5-1-2-6-10(9)14(20)15-12(13)18-16(21-15)11-7-3-4-8-17-11;19-13-10-3-1-2-4-11(10)14(20)15-12(13)18-16(21-15)9-5-7-17-8-6-9;2*1-2/h2*1-8H;2*1-2H3. The van der Waals surface area contributed by atoms with Gasteiger partial charge in [0.25, 0.3) is 0 Å². The number of hydrogen-bond donors (Lipinski definition) is 0. The number of fused-ring (bicyclic) bond motifs is 4. The summed E-state index contributed by atoms with van der Waals surface area (Å²) in [6.07, 6.45) is 4.78. The average molecular weight is 613 g/mol. The molecule has 8 rings (SSSR count). The van der Waals surface area contributed by atoms with Crippen molar-refractivity contribution in [2.45, 2.75) is 27.7 Å². The van der Waals surface area contributed by atoms with Crippen LogP contribution in [0.4, 0.5) is 0 Å². The van der Waals surface area contributed by atoms with Crippen molar-refractivity contribution in [1.29, 1.82) is 0 Å². The third-order valence-electron chi connectivity index (χ3n) is 6.74. The van der Waals surface area contributed by atoms with Gasteiger partial charge in [0.05, 0.1) is 0 Å². The predicted molar refractivity (Wildman–Crippen MR) is 169 cm³/mol. The van der Waals surface area contributed by atoms with Crippen LogP contribution in [0.15, 0.2) is 106 Å². The molecule has 6 aromatic rings. The third kappa shape index (κ3) is 5.59. The molecule has 10 heteroatoms. The van der Waals surface area contributed by atoms with E-state index in [1.165, 1.54) is 0 Å². The van der Waals surface area contributed by atoms with E-state index in [0.717, 1.165) is 0 Å². The Balaban J connectivity index is 0.000000164. The van der Waals surface area contributed by atoms with E-state index in [1.54, 1.807) is 97.5 Å². The highest BCUT2D eigenvalue weighted by Gasteiger charge is 2.36. The van der Waals surface area contributed by atoms with Crippen molar-refractivity contribution in [2.75, 3.05) is 0 Å². The maximum Gasteiger partial charge on any atom is 0.246 e. The Morgan fingerprint density at radius 1 is 0.478 bits per heavy atom. The van der Waals surface area contributed by atoms with Crippen molar-refractivity contribution in [3.8, 4) is 23.0 Å². The molecule has 0 saturated heterocycles. The largest absolute Gasteiger partial charge is 0.432 e. The summed E-state index contributed by atoms with van der Waals surface area (Å²) in [6, 6.07) is 22.0. The van der Waals surface area contributed by atoms with Gasteiger partial charge in [-0.2, -0.15) is 0 Å². The highest BCUT2D eigenvalue weighted by atomic mass is 16.4. The molecular weight excluding hydrogens is 584 g/mol. The van der Waals surface area contributed by atoms with Crippen LogP contribution in [0.25, 0.3) is 23.0 Å². The van der Waals surface area contributed by atoms with Crippen LogP contribution in [0.3, 0.4) is 0 Å². The molecule has 0 atom stereocenters. The number of rotatable bonds is 2. The van der Waals surface area contributed by atoms with Gasteiger partial charge in [0, 0.05) is 46.4 Å². The summed E-state index contributed by atoms with van der Waals surface area (Å²) >= 11 is 0. The minimum Gasteiger partial charge on any atom is -0.432 e. The normalized spacial score (nSPS) is 12.1. The number of benzene rings is 2. The van der Waals surface area contributed by atoms with Crippen LogP contribution in [0.1, 0.15) is 92.0 Å². The number of aromatic nitrogens is 4. The summed E-state index contributed by atoms with van der Waals surface area (Å²) in [4.78, 5) is 66.0. The van der Waals surface area contributed by atoms with Crippen molar-refractivity contribution in [1.82, 2.24) is 19.9 Å². The van der Waals surface area contributed by atoms with Crippen molar-refractivity contribution in [2.24, 2.45) is 0 Å². The summed E-state index contributed by atoms with van der Waals surface area (Å²) in [5.41, 5.74) is 2.71. The number of ketones is 4. The number of carbonyl (C=O) groups is 4. The number of pyridine rings is 2. The van der Waals surface area contributed by atoms with Crippen molar-refractivity contribution < 1.29 is 28.0 Å². The second kappa shape index (κ2) is 13.6. The fourth-order valence-electron chi connectivity index (χ4n) is 4.73. The third-order valence-corrected chi connectivity index (χ3v) is 6.74. The van der Waals surface area contributed by atoms with E-state index >= 15 is 0 Å². The zero-order valence-electron chi connectivity index (χ0n) is 25.5. The van der Waals surface area contributed by atoms with Gasteiger partial charge in [0.15, 0.2) is 11.4 Å².